The minimum atomic E-state index is -0.249. The van der Waals surface area contributed by atoms with Crippen molar-refractivity contribution in [3.05, 3.63) is 63.0 Å². The maximum atomic E-state index is 14.6. The van der Waals surface area contributed by atoms with Gasteiger partial charge in [-0.3, -0.25) is 4.99 Å². The topological polar surface area (TPSA) is 15.6 Å². The van der Waals surface area contributed by atoms with Crippen LogP contribution in [0.25, 0.3) is 5.57 Å². The molecule has 1 heterocycles. The number of anilines is 1. The predicted octanol–water partition coefficient (Wildman–Crippen LogP) is 5.81. The first-order chi connectivity index (χ1) is 11.3. The molecule has 0 fully saturated rings. The van der Waals surface area contributed by atoms with Crippen LogP contribution in [0.1, 0.15) is 31.9 Å². The molecule has 1 aliphatic rings. The number of hydrogen-bond donors (Lipinski definition) is 0. The van der Waals surface area contributed by atoms with Gasteiger partial charge in [0, 0.05) is 33.6 Å². The van der Waals surface area contributed by atoms with Crippen LogP contribution in [0, 0.1) is 9.39 Å². The predicted molar refractivity (Wildman–Crippen MR) is 109 cm³/mol. The molecule has 4 heteroatoms. The normalized spacial score (nSPS) is 16.2. The fourth-order valence-corrected chi connectivity index (χ4v) is 3.51. The van der Waals surface area contributed by atoms with Crippen molar-refractivity contribution in [3.63, 3.8) is 0 Å². The van der Waals surface area contributed by atoms with Gasteiger partial charge in [-0.05, 0) is 73.2 Å². The Labute approximate surface area is 156 Å². The van der Waals surface area contributed by atoms with E-state index < -0.39 is 0 Å². The number of allylic oxidation sites excluding steroid dienone is 1. The van der Waals surface area contributed by atoms with Crippen molar-refractivity contribution >= 4 is 45.8 Å². The van der Waals surface area contributed by atoms with Crippen LogP contribution < -0.4 is 4.90 Å². The van der Waals surface area contributed by atoms with Crippen LogP contribution in [-0.2, 0) is 0 Å². The number of rotatable bonds is 2. The lowest BCUT2D eigenvalue weighted by atomic mass is 9.88. The summed E-state index contributed by atoms with van der Waals surface area (Å²) < 4.78 is 15.6. The molecule has 0 saturated heterocycles. The van der Waals surface area contributed by atoms with Crippen molar-refractivity contribution < 1.29 is 4.39 Å². The molecule has 1 aliphatic heterocycles. The van der Waals surface area contributed by atoms with Gasteiger partial charge in [0.1, 0.15) is 5.82 Å². The first kappa shape index (κ1) is 17.1. The average Bonchev–Trinajstić information content (AvgIpc) is 2.52. The summed E-state index contributed by atoms with van der Waals surface area (Å²) >= 11 is 2.23. The average molecular weight is 434 g/mol. The molecule has 0 spiro atoms. The molecule has 3 rings (SSSR count). The molecule has 0 saturated carbocycles. The van der Waals surface area contributed by atoms with Gasteiger partial charge in [0.25, 0.3) is 0 Å². The molecule has 0 radical (unpaired) electrons. The van der Waals surface area contributed by atoms with E-state index >= 15 is 0 Å². The smallest absolute Gasteiger partial charge is 0.134 e. The van der Waals surface area contributed by atoms with Crippen LogP contribution >= 0.6 is 22.6 Å². The standard InChI is InChI=1S/C20H20FIN2/c1-13-11-20(2,3)24(4)19-10-16(21)14(9-15(13)19)12-23-18-8-6-5-7-17(18)22/h5-12H,1-4H3. The number of hydrogen-bond acceptors (Lipinski definition) is 2. The molecular weight excluding hydrogens is 414 g/mol. The quantitative estimate of drug-likeness (QED) is 0.430. The Hall–Kier alpha value is -1.69. The summed E-state index contributed by atoms with van der Waals surface area (Å²) in [5.41, 5.74) is 4.37. The molecule has 0 aromatic heterocycles. The minimum absolute atomic E-state index is 0.126. The number of para-hydroxylation sites is 1. The zero-order chi connectivity index (χ0) is 17.5. The summed E-state index contributed by atoms with van der Waals surface area (Å²) in [6.45, 7) is 6.33. The Morgan fingerprint density at radius 2 is 1.92 bits per heavy atom. The van der Waals surface area contributed by atoms with E-state index in [-0.39, 0.29) is 11.4 Å². The zero-order valence-corrected chi connectivity index (χ0v) is 16.4. The molecule has 0 atom stereocenters. The number of aliphatic imine (C=N–C) groups is 1. The Morgan fingerprint density at radius 3 is 2.62 bits per heavy atom. The molecule has 0 N–H and O–H groups in total. The zero-order valence-electron chi connectivity index (χ0n) is 14.3. The van der Waals surface area contributed by atoms with E-state index in [9.17, 15) is 4.39 Å². The highest BCUT2D eigenvalue weighted by Crippen LogP contribution is 2.38. The number of fused-ring (bicyclic) bond motifs is 1. The Balaban J connectivity index is 2.04. The highest BCUT2D eigenvalue weighted by atomic mass is 127. The first-order valence-corrected chi connectivity index (χ1v) is 8.93. The van der Waals surface area contributed by atoms with Crippen LogP contribution in [0.15, 0.2) is 47.5 Å². The third kappa shape index (κ3) is 3.11. The van der Waals surface area contributed by atoms with E-state index in [1.165, 1.54) is 0 Å². The van der Waals surface area contributed by atoms with Crippen molar-refractivity contribution in [1.29, 1.82) is 0 Å². The lowest BCUT2D eigenvalue weighted by molar-refractivity contribution is 0.589. The molecule has 0 bridgehead atoms. The molecule has 2 aromatic rings. The second-order valence-corrected chi connectivity index (χ2v) is 7.80. The van der Waals surface area contributed by atoms with Crippen LogP contribution in [0.2, 0.25) is 0 Å². The van der Waals surface area contributed by atoms with Crippen LogP contribution in [0.5, 0.6) is 0 Å². The van der Waals surface area contributed by atoms with E-state index in [0.717, 1.165) is 26.1 Å². The van der Waals surface area contributed by atoms with Crippen LogP contribution in [0.4, 0.5) is 15.8 Å². The van der Waals surface area contributed by atoms with Crippen LogP contribution in [-0.4, -0.2) is 18.8 Å². The molecule has 24 heavy (non-hydrogen) atoms. The summed E-state index contributed by atoms with van der Waals surface area (Å²) in [4.78, 5) is 6.56. The molecule has 0 unspecified atom stereocenters. The molecular formula is C20H20FIN2. The van der Waals surface area contributed by atoms with E-state index in [2.05, 4.69) is 59.3 Å². The SMILES string of the molecule is CC1=CC(C)(C)N(C)c2cc(F)c(C=Nc3ccccc3I)cc21. The highest BCUT2D eigenvalue weighted by molar-refractivity contribution is 14.1. The van der Waals surface area contributed by atoms with Gasteiger partial charge in [-0.1, -0.05) is 18.2 Å². The van der Waals surface area contributed by atoms with Gasteiger partial charge >= 0.3 is 0 Å². The lowest BCUT2D eigenvalue weighted by Crippen LogP contribution is -2.42. The van der Waals surface area contributed by atoms with Gasteiger partial charge in [0.2, 0.25) is 0 Å². The summed E-state index contributed by atoms with van der Waals surface area (Å²) in [5, 5.41) is 0. The summed E-state index contributed by atoms with van der Waals surface area (Å²) in [5.74, 6) is -0.249. The Morgan fingerprint density at radius 1 is 1.21 bits per heavy atom. The van der Waals surface area contributed by atoms with Crippen molar-refractivity contribution in [3.8, 4) is 0 Å². The molecule has 2 aromatic carbocycles. The van der Waals surface area contributed by atoms with Crippen molar-refractivity contribution in [1.82, 2.24) is 0 Å². The monoisotopic (exact) mass is 434 g/mol. The number of likely N-dealkylation sites (N-methyl/N-ethyl adjacent to an activating group) is 1. The van der Waals surface area contributed by atoms with Gasteiger partial charge in [-0.2, -0.15) is 0 Å². The maximum Gasteiger partial charge on any atom is 0.134 e. The first-order valence-electron chi connectivity index (χ1n) is 7.85. The Bertz CT molecular complexity index is 853. The van der Waals surface area contributed by atoms with Crippen molar-refractivity contribution in [2.45, 2.75) is 26.3 Å². The summed E-state index contributed by atoms with van der Waals surface area (Å²) in [6, 6.07) is 11.3. The van der Waals surface area contributed by atoms with Gasteiger partial charge in [0.15, 0.2) is 0 Å². The van der Waals surface area contributed by atoms with Gasteiger partial charge in [-0.15, -0.1) is 0 Å². The van der Waals surface area contributed by atoms with Gasteiger partial charge in [0.05, 0.1) is 11.2 Å². The second kappa shape index (κ2) is 6.31. The molecule has 0 aliphatic carbocycles. The lowest BCUT2D eigenvalue weighted by Gasteiger charge is -2.40. The molecule has 124 valence electrons. The van der Waals surface area contributed by atoms with E-state index in [4.69, 9.17) is 0 Å². The minimum Gasteiger partial charge on any atom is -0.365 e. The van der Waals surface area contributed by atoms with Crippen LogP contribution in [0.3, 0.4) is 0 Å². The highest BCUT2D eigenvalue weighted by Gasteiger charge is 2.29. The Kier molecular flexibility index (Phi) is 4.51. The third-order valence-corrected chi connectivity index (χ3v) is 5.44. The number of halogens is 2. The number of nitrogens with zero attached hydrogens (tertiary/aromatic N) is 2. The molecule has 2 nitrogen and oxygen atoms in total. The number of benzene rings is 2. The fourth-order valence-electron chi connectivity index (χ4n) is 2.98. The van der Waals surface area contributed by atoms with E-state index in [1.807, 2.05) is 37.4 Å². The largest absolute Gasteiger partial charge is 0.365 e. The summed E-state index contributed by atoms with van der Waals surface area (Å²) in [6.07, 6.45) is 3.83. The fraction of sp³-hybridized carbons (Fsp3) is 0.250. The second-order valence-electron chi connectivity index (χ2n) is 6.64. The van der Waals surface area contributed by atoms with Crippen molar-refractivity contribution in [2.75, 3.05) is 11.9 Å². The maximum absolute atomic E-state index is 14.6. The van der Waals surface area contributed by atoms with E-state index in [0.29, 0.717) is 5.56 Å². The third-order valence-electron chi connectivity index (χ3n) is 4.53. The van der Waals surface area contributed by atoms with Gasteiger partial charge < -0.3 is 4.90 Å². The van der Waals surface area contributed by atoms with Crippen molar-refractivity contribution in [2.24, 2.45) is 4.99 Å². The summed E-state index contributed by atoms with van der Waals surface area (Å²) in [7, 11) is 2.00. The molecule has 0 amide bonds. The van der Waals surface area contributed by atoms with Gasteiger partial charge in [-0.25, -0.2) is 4.39 Å². The van der Waals surface area contributed by atoms with E-state index in [1.54, 1.807) is 12.3 Å².